The van der Waals surface area contributed by atoms with Crippen LogP contribution in [-0.4, -0.2) is 17.4 Å². The molecular formula is C11H13NO2. The minimum atomic E-state index is -0.394. The average molecular weight is 191 g/mol. The van der Waals surface area contributed by atoms with Crippen molar-refractivity contribution in [2.24, 2.45) is 5.92 Å². The van der Waals surface area contributed by atoms with Crippen LogP contribution < -0.4 is 4.74 Å². The van der Waals surface area contributed by atoms with Crippen LogP contribution in [-0.2, 0) is 11.2 Å². The lowest BCUT2D eigenvalue weighted by atomic mass is 9.89. The normalized spacial score (nSPS) is 34.5. The Morgan fingerprint density at radius 3 is 3.43 bits per heavy atom. The molecule has 0 aromatic carbocycles. The van der Waals surface area contributed by atoms with E-state index in [1.807, 2.05) is 19.2 Å². The van der Waals surface area contributed by atoms with Gasteiger partial charge in [0.25, 0.3) is 0 Å². The summed E-state index contributed by atoms with van der Waals surface area (Å²) in [6.45, 7) is 2.84. The maximum Gasteiger partial charge on any atom is 0.210 e. The van der Waals surface area contributed by atoms with Gasteiger partial charge in [0.05, 0.1) is 6.61 Å². The molecule has 0 aliphatic carbocycles. The summed E-state index contributed by atoms with van der Waals surface area (Å²) in [5.74, 6) is 1.02. The van der Waals surface area contributed by atoms with E-state index < -0.39 is 5.79 Å². The van der Waals surface area contributed by atoms with E-state index in [0.29, 0.717) is 5.92 Å². The first-order valence-corrected chi connectivity index (χ1v) is 5.04. The maximum atomic E-state index is 5.88. The van der Waals surface area contributed by atoms with Gasteiger partial charge in [-0.25, -0.2) is 0 Å². The second-order valence-electron chi connectivity index (χ2n) is 4.14. The van der Waals surface area contributed by atoms with Crippen LogP contribution in [0.5, 0.6) is 5.75 Å². The fourth-order valence-corrected chi connectivity index (χ4v) is 2.34. The predicted octanol–water partition coefficient (Wildman–Crippen LogP) is 1.77. The number of rotatable bonds is 0. The summed E-state index contributed by atoms with van der Waals surface area (Å²) in [4.78, 5) is 4.11. The molecule has 0 bridgehead atoms. The van der Waals surface area contributed by atoms with Crippen molar-refractivity contribution in [2.45, 2.75) is 25.6 Å². The van der Waals surface area contributed by atoms with E-state index >= 15 is 0 Å². The lowest BCUT2D eigenvalue weighted by Crippen LogP contribution is -2.42. The van der Waals surface area contributed by atoms with Gasteiger partial charge in [0.1, 0.15) is 5.75 Å². The molecule has 3 heteroatoms. The van der Waals surface area contributed by atoms with Crippen molar-refractivity contribution in [3.8, 4) is 5.75 Å². The zero-order chi connectivity index (χ0) is 9.60. The molecule has 0 radical (unpaired) electrons. The first-order valence-electron chi connectivity index (χ1n) is 5.04. The highest BCUT2D eigenvalue weighted by molar-refractivity contribution is 5.33. The number of aromatic nitrogens is 1. The van der Waals surface area contributed by atoms with Crippen molar-refractivity contribution >= 4 is 0 Å². The van der Waals surface area contributed by atoms with Gasteiger partial charge in [0, 0.05) is 30.8 Å². The summed E-state index contributed by atoms with van der Waals surface area (Å²) in [6.07, 6.45) is 5.77. The van der Waals surface area contributed by atoms with Gasteiger partial charge in [0.15, 0.2) is 0 Å². The van der Waals surface area contributed by atoms with E-state index in [1.54, 1.807) is 6.20 Å². The molecule has 2 aliphatic heterocycles. The molecule has 1 aromatic rings. The fraction of sp³-hybridized carbons (Fsp3) is 0.545. The lowest BCUT2D eigenvalue weighted by molar-refractivity contribution is -0.165. The number of pyridine rings is 1. The average Bonchev–Trinajstić information content (AvgIpc) is 2.54. The minimum Gasteiger partial charge on any atom is -0.462 e. The van der Waals surface area contributed by atoms with Gasteiger partial charge in [-0.05, 0) is 18.9 Å². The molecule has 0 amide bonds. The molecule has 74 valence electrons. The first kappa shape index (κ1) is 8.24. The van der Waals surface area contributed by atoms with Gasteiger partial charge >= 0.3 is 0 Å². The third-order valence-electron chi connectivity index (χ3n) is 3.23. The molecular weight excluding hydrogens is 178 g/mol. The van der Waals surface area contributed by atoms with E-state index in [9.17, 15) is 0 Å². The Morgan fingerprint density at radius 1 is 1.57 bits per heavy atom. The molecule has 1 saturated heterocycles. The monoisotopic (exact) mass is 191 g/mol. The molecule has 2 atom stereocenters. The van der Waals surface area contributed by atoms with Gasteiger partial charge in [-0.3, -0.25) is 4.98 Å². The van der Waals surface area contributed by atoms with Crippen molar-refractivity contribution in [1.82, 2.24) is 4.98 Å². The molecule has 0 unspecified atom stereocenters. The lowest BCUT2D eigenvalue weighted by Gasteiger charge is -2.36. The van der Waals surface area contributed by atoms with Crippen LogP contribution in [0.4, 0.5) is 0 Å². The van der Waals surface area contributed by atoms with Gasteiger partial charge < -0.3 is 9.47 Å². The van der Waals surface area contributed by atoms with Crippen LogP contribution in [0, 0.1) is 5.92 Å². The Labute approximate surface area is 83.1 Å². The topological polar surface area (TPSA) is 31.4 Å². The summed E-state index contributed by atoms with van der Waals surface area (Å²) < 4.78 is 11.5. The van der Waals surface area contributed by atoms with E-state index in [0.717, 1.165) is 25.2 Å². The summed E-state index contributed by atoms with van der Waals surface area (Å²) >= 11 is 0. The highest BCUT2D eigenvalue weighted by atomic mass is 16.7. The Hall–Kier alpha value is -1.09. The van der Waals surface area contributed by atoms with Gasteiger partial charge in [0.2, 0.25) is 5.79 Å². The molecule has 14 heavy (non-hydrogen) atoms. The van der Waals surface area contributed by atoms with Crippen molar-refractivity contribution in [1.29, 1.82) is 0 Å². The third-order valence-corrected chi connectivity index (χ3v) is 3.23. The molecule has 3 rings (SSSR count). The molecule has 2 aliphatic rings. The number of ether oxygens (including phenoxy) is 2. The zero-order valence-corrected chi connectivity index (χ0v) is 8.19. The summed E-state index contributed by atoms with van der Waals surface area (Å²) in [7, 11) is 0. The van der Waals surface area contributed by atoms with Crippen LogP contribution in [0.3, 0.4) is 0 Å². The Morgan fingerprint density at radius 2 is 2.50 bits per heavy atom. The van der Waals surface area contributed by atoms with Crippen molar-refractivity contribution < 1.29 is 9.47 Å². The van der Waals surface area contributed by atoms with Crippen LogP contribution in [0.1, 0.15) is 18.9 Å². The quantitative estimate of drug-likeness (QED) is 0.626. The number of nitrogens with zero attached hydrogens (tertiary/aromatic N) is 1. The summed E-state index contributed by atoms with van der Waals surface area (Å²) in [5, 5.41) is 0. The molecule has 0 saturated carbocycles. The highest BCUT2D eigenvalue weighted by Gasteiger charge is 2.45. The summed E-state index contributed by atoms with van der Waals surface area (Å²) in [6, 6.07) is 1.92. The Bertz CT molecular complexity index is 366. The standard InChI is InChI=1S/C11H13NO2/c1-11-9(3-5-13-11)6-8-7-12-4-2-10(8)14-11/h2,4,7,9H,3,5-6H2,1H3/t9-,11+/m1/s1. The molecule has 1 aromatic heterocycles. The van der Waals surface area contributed by atoms with Crippen LogP contribution in [0.15, 0.2) is 18.5 Å². The minimum absolute atomic E-state index is 0.394. The van der Waals surface area contributed by atoms with Crippen molar-refractivity contribution in [2.75, 3.05) is 6.61 Å². The SMILES string of the molecule is C[C@@]12OCC[C@@H]1Cc1cnccc1O2. The van der Waals surface area contributed by atoms with Crippen LogP contribution in [0.2, 0.25) is 0 Å². The number of hydrogen-bond donors (Lipinski definition) is 0. The zero-order valence-electron chi connectivity index (χ0n) is 8.19. The van der Waals surface area contributed by atoms with E-state index in [1.165, 1.54) is 5.56 Å². The van der Waals surface area contributed by atoms with Gasteiger partial charge in [-0.1, -0.05) is 0 Å². The van der Waals surface area contributed by atoms with E-state index in [-0.39, 0.29) is 0 Å². The molecule has 3 nitrogen and oxygen atoms in total. The molecule has 0 spiro atoms. The summed E-state index contributed by atoms with van der Waals surface area (Å²) in [5.41, 5.74) is 1.21. The highest BCUT2D eigenvalue weighted by Crippen LogP contribution is 2.42. The number of fused-ring (bicyclic) bond motifs is 2. The second-order valence-corrected chi connectivity index (χ2v) is 4.14. The van der Waals surface area contributed by atoms with E-state index in [4.69, 9.17) is 9.47 Å². The van der Waals surface area contributed by atoms with Crippen molar-refractivity contribution in [3.63, 3.8) is 0 Å². The predicted molar refractivity (Wildman–Crippen MR) is 51.0 cm³/mol. The fourth-order valence-electron chi connectivity index (χ4n) is 2.34. The number of hydrogen-bond acceptors (Lipinski definition) is 3. The molecule has 3 heterocycles. The molecule has 0 N–H and O–H groups in total. The molecule has 1 fully saturated rings. The Kier molecular flexibility index (Phi) is 1.59. The van der Waals surface area contributed by atoms with Gasteiger partial charge in [-0.15, -0.1) is 0 Å². The smallest absolute Gasteiger partial charge is 0.210 e. The van der Waals surface area contributed by atoms with Crippen molar-refractivity contribution in [3.05, 3.63) is 24.0 Å². The Balaban J connectivity index is 2.02. The third kappa shape index (κ3) is 1.05. The second kappa shape index (κ2) is 2.70. The first-order chi connectivity index (χ1) is 6.78. The maximum absolute atomic E-state index is 5.88. The van der Waals surface area contributed by atoms with E-state index in [2.05, 4.69) is 4.98 Å². The van der Waals surface area contributed by atoms with Crippen LogP contribution >= 0.6 is 0 Å². The van der Waals surface area contributed by atoms with Gasteiger partial charge in [-0.2, -0.15) is 0 Å². The largest absolute Gasteiger partial charge is 0.462 e. The van der Waals surface area contributed by atoms with Crippen LogP contribution in [0.25, 0.3) is 0 Å².